The maximum Gasteiger partial charge on any atom is 0.129 e. The van der Waals surface area contributed by atoms with E-state index >= 15 is 0 Å². The lowest BCUT2D eigenvalue weighted by molar-refractivity contribution is 0.214. The van der Waals surface area contributed by atoms with Gasteiger partial charge in [0.05, 0.1) is 0 Å². The molecule has 2 nitrogen and oxygen atoms in total. The van der Waals surface area contributed by atoms with Gasteiger partial charge in [0.15, 0.2) is 0 Å². The zero-order valence-electron chi connectivity index (χ0n) is 9.81. The maximum atomic E-state index is 13.7. The highest BCUT2D eigenvalue weighted by molar-refractivity contribution is 5.35. The molecule has 1 unspecified atom stereocenters. The molecule has 0 spiro atoms. The number of benzene rings is 1. The van der Waals surface area contributed by atoms with Gasteiger partial charge in [-0.3, -0.25) is 4.98 Å². The van der Waals surface area contributed by atoms with E-state index in [1.54, 1.807) is 30.6 Å². The second-order valence-corrected chi connectivity index (χ2v) is 4.16. The molecule has 1 aromatic heterocycles. The zero-order valence-corrected chi connectivity index (χ0v) is 9.81. The van der Waals surface area contributed by atoms with Crippen molar-refractivity contribution >= 4 is 0 Å². The minimum atomic E-state index is -0.946. The molecule has 3 heteroatoms. The molecular formula is C14H14FNO. The quantitative estimate of drug-likeness (QED) is 0.862. The van der Waals surface area contributed by atoms with Crippen LogP contribution in [0.5, 0.6) is 0 Å². The summed E-state index contributed by atoms with van der Waals surface area (Å²) in [6.07, 6.45) is 2.31. The number of rotatable bonds is 2. The highest BCUT2D eigenvalue weighted by Crippen LogP contribution is 2.26. The van der Waals surface area contributed by atoms with Gasteiger partial charge in [0.25, 0.3) is 0 Å². The van der Waals surface area contributed by atoms with Crippen molar-refractivity contribution in [1.82, 2.24) is 4.98 Å². The largest absolute Gasteiger partial charge is 0.384 e. The molecule has 0 aliphatic heterocycles. The van der Waals surface area contributed by atoms with E-state index in [-0.39, 0.29) is 5.82 Å². The smallest absolute Gasteiger partial charge is 0.129 e. The third-order valence-corrected chi connectivity index (χ3v) is 2.80. The van der Waals surface area contributed by atoms with E-state index < -0.39 is 6.10 Å². The molecule has 88 valence electrons. The lowest BCUT2D eigenvalue weighted by atomic mass is 9.97. The Hall–Kier alpha value is -1.74. The van der Waals surface area contributed by atoms with Gasteiger partial charge in [0, 0.05) is 18.0 Å². The van der Waals surface area contributed by atoms with Crippen molar-refractivity contribution in [2.75, 3.05) is 0 Å². The minimum Gasteiger partial charge on any atom is -0.384 e. The number of hydrogen-bond acceptors (Lipinski definition) is 2. The summed E-state index contributed by atoms with van der Waals surface area (Å²) in [7, 11) is 0. The number of halogens is 1. The molecule has 1 aromatic carbocycles. The topological polar surface area (TPSA) is 33.1 Å². The molecule has 0 fully saturated rings. The third kappa shape index (κ3) is 2.34. The number of pyridine rings is 1. The first-order valence-corrected chi connectivity index (χ1v) is 5.44. The average molecular weight is 231 g/mol. The Morgan fingerprint density at radius 3 is 2.65 bits per heavy atom. The van der Waals surface area contributed by atoms with Crippen LogP contribution in [-0.4, -0.2) is 10.1 Å². The Kier molecular flexibility index (Phi) is 3.20. The van der Waals surface area contributed by atoms with E-state index in [0.717, 1.165) is 11.1 Å². The molecule has 0 radical (unpaired) electrons. The molecule has 0 aliphatic carbocycles. The summed E-state index contributed by atoms with van der Waals surface area (Å²) >= 11 is 0. The van der Waals surface area contributed by atoms with Crippen LogP contribution < -0.4 is 0 Å². The van der Waals surface area contributed by atoms with Gasteiger partial charge in [0.2, 0.25) is 0 Å². The van der Waals surface area contributed by atoms with Crippen LogP contribution in [0.1, 0.15) is 28.4 Å². The van der Waals surface area contributed by atoms with Gasteiger partial charge in [-0.15, -0.1) is 0 Å². The lowest BCUT2D eigenvalue weighted by Crippen LogP contribution is -2.05. The second kappa shape index (κ2) is 4.63. The number of aryl methyl sites for hydroxylation is 2. The van der Waals surface area contributed by atoms with E-state index in [0.29, 0.717) is 11.1 Å². The Bertz CT molecular complexity index is 539. The lowest BCUT2D eigenvalue weighted by Gasteiger charge is -2.15. The fourth-order valence-electron chi connectivity index (χ4n) is 1.83. The summed E-state index contributed by atoms with van der Waals surface area (Å²) in [6, 6.07) is 6.44. The maximum absolute atomic E-state index is 13.7. The number of aliphatic hydroxyl groups is 1. The number of aliphatic hydroxyl groups excluding tert-OH is 1. The van der Waals surface area contributed by atoms with E-state index in [9.17, 15) is 9.50 Å². The molecule has 0 bridgehead atoms. The molecule has 1 N–H and O–H groups in total. The predicted octanol–water partition coefficient (Wildman–Crippen LogP) is 2.92. The van der Waals surface area contributed by atoms with Crippen LogP contribution >= 0.6 is 0 Å². The molecule has 0 amide bonds. The normalized spacial score (nSPS) is 12.5. The van der Waals surface area contributed by atoms with Gasteiger partial charge >= 0.3 is 0 Å². The van der Waals surface area contributed by atoms with Crippen LogP contribution in [0.25, 0.3) is 0 Å². The van der Waals surface area contributed by atoms with Gasteiger partial charge < -0.3 is 5.11 Å². The number of aromatic nitrogens is 1. The molecule has 1 heterocycles. The summed E-state index contributed by atoms with van der Waals surface area (Å²) < 4.78 is 13.7. The van der Waals surface area contributed by atoms with Crippen molar-refractivity contribution < 1.29 is 9.50 Å². The van der Waals surface area contributed by atoms with Gasteiger partial charge in [-0.2, -0.15) is 0 Å². The van der Waals surface area contributed by atoms with E-state index in [1.165, 1.54) is 6.07 Å². The van der Waals surface area contributed by atoms with Gasteiger partial charge in [-0.05, 0) is 37.1 Å². The summed E-state index contributed by atoms with van der Waals surface area (Å²) in [5.74, 6) is -0.390. The molecule has 0 saturated carbocycles. The monoisotopic (exact) mass is 231 g/mol. The van der Waals surface area contributed by atoms with E-state index in [1.807, 2.05) is 13.8 Å². The fourth-order valence-corrected chi connectivity index (χ4v) is 1.83. The molecular weight excluding hydrogens is 217 g/mol. The number of hydrogen-bond donors (Lipinski definition) is 1. The van der Waals surface area contributed by atoms with Crippen LogP contribution in [0.4, 0.5) is 4.39 Å². The summed E-state index contributed by atoms with van der Waals surface area (Å²) in [5, 5.41) is 10.2. The zero-order chi connectivity index (χ0) is 12.4. The molecule has 0 aliphatic rings. The second-order valence-electron chi connectivity index (χ2n) is 4.16. The van der Waals surface area contributed by atoms with Crippen molar-refractivity contribution in [3.8, 4) is 0 Å². The third-order valence-electron chi connectivity index (χ3n) is 2.80. The van der Waals surface area contributed by atoms with Crippen LogP contribution in [0.2, 0.25) is 0 Å². The van der Waals surface area contributed by atoms with E-state index in [4.69, 9.17) is 0 Å². The molecule has 17 heavy (non-hydrogen) atoms. The predicted molar refractivity (Wildman–Crippen MR) is 64.2 cm³/mol. The van der Waals surface area contributed by atoms with Gasteiger partial charge in [-0.25, -0.2) is 4.39 Å². The average Bonchev–Trinajstić information content (AvgIpc) is 2.32. The van der Waals surface area contributed by atoms with Crippen LogP contribution in [0.15, 0.2) is 36.7 Å². The molecule has 2 aromatic rings. The molecule has 0 saturated heterocycles. The SMILES string of the molecule is Cc1ccc(F)c(C(O)c2ccncc2C)c1. The molecule has 2 rings (SSSR count). The Labute approximate surface area is 99.8 Å². The summed E-state index contributed by atoms with van der Waals surface area (Å²) in [5.41, 5.74) is 2.76. The highest BCUT2D eigenvalue weighted by Gasteiger charge is 2.16. The van der Waals surface area contributed by atoms with Crippen molar-refractivity contribution in [1.29, 1.82) is 0 Å². The molecule has 1 atom stereocenters. The van der Waals surface area contributed by atoms with Crippen LogP contribution in [0.3, 0.4) is 0 Å². The Morgan fingerprint density at radius 1 is 1.18 bits per heavy atom. The van der Waals surface area contributed by atoms with Crippen LogP contribution in [0, 0.1) is 19.7 Å². The van der Waals surface area contributed by atoms with Crippen molar-refractivity contribution in [2.24, 2.45) is 0 Å². The van der Waals surface area contributed by atoms with E-state index in [2.05, 4.69) is 4.98 Å². The number of nitrogens with zero attached hydrogens (tertiary/aromatic N) is 1. The van der Waals surface area contributed by atoms with Crippen molar-refractivity contribution in [3.05, 3.63) is 64.7 Å². The van der Waals surface area contributed by atoms with Crippen LogP contribution in [-0.2, 0) is 0 Å². The summed E-state index contributed by atoms with van der Waals surface area (Å²) in [6.45, 7) is 3.72. The first-order valence-electron chi connectivity index (χ1n) is 5.44. The standard InChI is InChI=1S/C14H14FNO/c1-9-3-4-13(15)12(7-9)14(17)11-5-6-16-8-10(11)2/h3-8,14,17H,1-2H3. The van der Waals surface area contributed by atoms with Gasteiger partial charge in [0.1, 0.15) is 11.9 Å². The van der Waals surface area contributed by atoms with Gasteiger partial charge in [-0.1, -0.05) is 17.7 Å². The first-order chi connectivity index (χ1) is 8.09. The van der Waals surface area contributed by atoms with Crippen molar-refractivity contribution in [3.63, 3.8) is 0 Å². The first kappa shape index (κ1) is 11.7. The Morgan fingerprint density at radius 2 is 1.94 bits per heavy atom. The minimum absolute atomic E-state index is 0.305. The van der Waals surface area contributed by atoms with Crippen molar-refractivity contribution in [2.45, 2.75) is 20.0 Å². The Balaban J connectivity index is 2.47. The summed E-state index contributed by atoms with van der Waals surface area (Å²) in [4.78, 5) is 3.96. The fraction of sp³-hybridized carbons (Fsp3) is 0.214. The highest BCUT2D eigenvalue weighted by atomic mass is 19.1.